The monoisotopic (exact) mass is 462 g/mol. The van der Waals surface area contributed by atoms with E-state index in [0.29, 0.717) is 12.0 Å². The number of rotatable bonds is 9. The molecular formula is C30H26N2O3. The number of ketones is 1. The van der Waals surface area contributed by atoms with Gasteiger partial charge in [0.05, 0.1) is 6.04 Å². The molecule has 0 fully saturated rings. The number of nitrogens with one attached hydrogen (secondary N) is 1. The Morgan fingerprint density at radius 1 is 0.657 bits per heavy atom. The van der Waals surface area contributed by atoms with Gasteiger partial charge in [0.25, 0.3) is 5.91 Å². The summed E-state index contributed by atoms with van der Waals surface area (Å²) in [4.78, 5) is 39.4. The Hall–Kier alpha value is -4.51. The van der Waals surface area contributed by atoms with Crippen LogP contribution in [0.25, 0.3) is 0 Å². The number of nitrogens with two attached hydrogens (primary N) is 1. The van der Waals surface area contributed by atoms with Crippen molar-refractivity contribution in [3.05, 3.63) is 143 Å². The van der Waals surface area contributed by atoms with Crippen molar-refractivity contribution in [1.29, 1.82) is 0 Å². The average Bonchev–Trinajstić information content (AvgIpc) is 2.91. The third-order valence-corrected chi connectivity index (χ3v) is 5.99. The standard InChI is InChI=1S/C30H26N2O3/c31-29(34)25-19-11-10-18-24(25)28(33)27(32-30(35)23-16-8-3-9-17-23)26(22-14-6-2-7-15-22)20-21-12-4-1-5-13-21/h1-19,26-27H,20H2,(H2,31,34)(H,32,35). The van der Waals surface area contributed by atoms with Crippen LogP contribution in [0.4, 0.5) is 0 Å². The summed E-state index contributed by atoms with van der Waals surface area (Å²) in [5, 5.41) is 2.98. The van der Waals surface area contributed by atoms with Gasteiger partial charge in [0.2, 0.25) is 5.91 Å². The van der Waals surface area contributed by atoms with Crippen molar-refractivity contribution >= 4 is 17.6 Å². The minimum Gasteiger partial charge on any atom is -0.366 e. The normalized spacial score (nSPS) is 12.3. The maximum atomic E-state index is 14.0. The maximum Gasteiger partial charge on any atom is 0.251 e. The van der Waals surface area contributed by atoms with Crippen molar-refractivity contribution in [1.82, 2.24) is 5.32 Å². The first kappa shape index (κ1) is 23.6. The number of carbonyl (C=O) groups is 3. The molecule has 2 amide bonds. The van der Waals surface area contributed by atoms with E-state index in [1.165, 1.54) is 6.07 Å². The van der Waals surface area contributed by atoms with Gasteiger partial charge in [-0.25, -0.2) is 0 Å². The van der Waals surface area contributed by atoms with Crippen LogP contribution in [-0.4, -0.2) is 23.6 Å². The zero-order chi connectivity index (χ0) is 24.6. The van der Waals surface area contributed by atoms with Gasteiger partial charge < -0.3 is 11.1 Å². The van der Waals surface area contributed by atoms with E-state index in [2.05, 4.69) is 5.32 Å². The van der Waals surface area contributed by atoms with E-state index in [4.69, 9.17) is 5.73 Å². The zero-order valence-corrected chi connectivity index (χ0v) is 19.1. The molecule has 0 aliphatic carbocycles. The van der Waals surface area contributed by atoms with Gasteiger partial charge in [-0.05, 0) is 35.7 Å². The molecule has 0 saturated carbocycles. The van der Waals surface area contributed by atoms with Crippen LogP contribution in [0, 0.1) is 0 Å². The number of Topliss-reactive ketones (excluding diaryl/α,β-unsaturated/α-hetero) is 1. The Labute approximate surface area is 204 Å². The predicted molar refractivity (Wildman–Crippen MR) is 136 cm³/mol. The average molecular weight is 463 g/mol. The van der Waals surface area contributed by atoms with Crippen molar-refractivity contribution in [2.45, 2.75) is 18.4 Å². The first-order valence-electron chi connectivity index (χ1n) is 11.4. The highest BCUT2D eigenvalue weighted by atomic mass is 16.2. The number of amides is 2. The Morgan fingerprint density at radius 3 is 1.77 bits per heavy atom. The molecular weight excluding hydrogens is 436 g/mol. The molecule has 35 heavy (non-hydrogen) atoms. The summed E-state index contributed by atoms with van der Waals surface area (Å²) in [5.74, 6) is -1.82. The van der Waals surface area contributed by atoms with Crippen LogP contribution in [0.3, 0.4) is 0 Å². The molecule has 0 heterocycles. The summed E-state index contributed by atoms with van der Waals surface area (Å²) in [5.41, 5.74) is 8.26. The zero-order valence-electron chi connectivity index (χ0n) is 19.1. The quantitative estimate of drug-likeness (QED) is 0.350. The third-order valence-electron chi connectivity index (χ3n) is 5.99. The number of hydrogen-bond acceptors (Lipinski definition) is 3. The smallest absolute Gasteiger partial charge is 0.251 e. The molecule has 5 heteroatoms. The van der Waals surface area contributed by atoms with E-state index in [0.717, 1.165) is 11.1 Å². The molecule has 0 aliphatic rings. The van der Waals surface area contributed by atoms with Gasteiger partial charge in [0.15, 0.2) is 5.78 Å². The summed E-state index contributed by atoms with van der Waals surface area (Å²) in [6.45, 7) is 0. The molecule has 4 rings (SSSR count). The molecule has 4 aromatic carbocycles. The Balaban J connectivity index is 1.81. The third kappa shape index (κ3) is 5.71. The molecule has 0 radical (unpaired) electrons. The second-order valence-corrected chi connectivity index (χ2v) is 8.30. The summed E-state index contributed by atoms with van der Waals surface area (Å²) < 4.78 is 0. The molecule has 0 saturated heterocycles. The molecule has 0 aromatic heterocycles. The number of benzene rings is 4. The van der Waals surface area contributed by atoms with Crippen molar-refractivity contribution in [2.24, 2.45) is 5.73 Å². The lowest BCUT2D eigenvalue weighted by molar-refractivity contribution is 0.0839. The summed E-state index contributed by atoms with van der Waals surface area (Å²) in [7, 11) is 0. The van der Waals surface area contributed by atoms with Gasteiger partial charge in [-0.3, -0.25) is 14.4 Å². The fourth-order valence-corrected chi connectivity index (χ4v) is 4.24. The van der Waals surface area contributed by atoms with Gasteiger partial charge in [0, 0.05) is 22.6 Å². The first-order chi connectivity index (χ1) is 17.0. The van der Waals surface area contributed by atoms with E-state index in [1.807, 2.05) is 66.7 Å². The van der Waals surface area contributed by atoms with Crippen LogP contribution in [0.1, 0.15) is 48.1 Å². The van der Waals surface area contributed by atoms with Crippen LogP contribution in [0.2, 0.25) is 0 Å². The summed E-state index contributed by atoms with van der Waals surface area (Å²) in [6.07, 6.45) is 0.509. The molecule has 2 atom stereocenters. The molecule has 5 nitrogen and oxygen atoms in total. The van der Waals surface area contributed by atoms with E-state index < -0.39 is 11.9 Å². The Kier molecular flexibility index (Phi) is 7.48. The molecule has 174 valence electrons. The molecule has 3 N–H and O–H groups in total. The number of carbonyl (C=O) groups excluding carboxylic acids is 3. The van der Waals surface area contributed by atoms with Gasteiger partial charge in [-0.2, -0.15) is 0 Å². The van der Waals surface area contributed by atoms with E-state index in [-0.39, 0.29) is 28.7 Å². The lowest BCUT2D eigenvalue weighted by atomic mass is 9.81. The van der Waals surface area contributed by atoms with Crippen LogP contribution in [0.5, 0.6) is 0 Å². The van der Waals surface area contributed by atoms with Gasteiger partial charge in [-0.1, -0.05) is 97.1 Å². The Bertz CT molecular complexity index is 1310. The van der Waals surface area contributed by atoms with Crippen LogP contribution in [-0.2, 0) is 6.42 Å². The lowest BCUT2D eigenvalue weighted by Gasteiger charge is -2.28. The molecule has 0 bridgehead atoms. The van der Waals surface area contributed by atoms with Crippen molar-refractivity contribution in [3.8, 4) is 0 Å². The fraction of sp³-hybridized carbons (Fsp3) is 0.100. The van der Waals surface area contributed by atoms with Crippen molar-refractivity contribution in [2.75, 3.05) is 0 Å². The predicted octanol–water partition coefficient (Wildman–Crippen LogP) is 4.79. The van der Waals surface area contributed by atoms with E-state index >= 15 is 0 Å². The summed E-state index contributed by atoms with van der Waals surface area (Å²) in [6, 6.07) is 33.7. The highest BCUT2D eigenvalue weighted by Crippen LogP contribution is 2.28. The maximum absolute atomic E-state index is 14.0. The number of hydrogen-bond donors (Lipinski definition) is 2. The fourth-order valence-electron chi connectivity index (χ4n) is 4.24. The molecule has 0 aliphatic heterocycles. The second kappa shape index (κ2) is 11.1. The second-order valence-electron chi connectivity index (χ2n) is 8.30. The highest BCUT2D eigenvalue weighted by Gasteiger charge is 2.33. The van der Waals surface area contributed by atoms with Crippen LogP contribution < -0.4 is 11.1 Å². The van der Waals surface area contributed by atoms with Crippen molar-refractivity contribution < 1.29 is 14.4 Å². The van der Waals surface area contributed by atoms with Gasteiger partial charge in [0.1, 0.15) is 0 Å². The highest BCUT2D eigenvalue weighted by molar-refractivity contribution is 6.11. The van der Waals surface area contributed by atoms with E-state index in [1.54, 1.807) is 42.5 Å². The number of primary amides is 1. The largest absolute Gasteiger partial charge is 0.366 e. The van der Waals surface area contributed by atoms with Gasteiger partial charge in [-0.15, -0.1) is 0 Å². The van der Waals surface area contributed by atoms with Crippen LogP contribution in [0.15, 0.2) is 115 Å². The minimum absolute atomic E-state index is 0.128. The minimum atomic E-state index is -0.939. The van der Waals surface area contributed by atoms with Crippen molar-refractivity contribution in [3.63, 3.8) is 0 Å². The van der Waals surface area contributed by atoms with E-state index in [9.17, 15) is 14.4 Å². The Morgan fingerprint density at radius 2 is 1.17 bits per heavy atom. The molecule has 0 spiro atoms. The first-order valence-corrected chi connectivity index (χ1v) is 11.4. The van der Waals surface area contributed by atoms with Crippen LogP contribution >= 0.6 is 0 Å². The SMILES string of the molecule is NC(=O)c1ccccc1C(=O)C(NC(=O)c1ccccc1)C(Cc1ccccc1)c1ccccc1. The summed E-state index contributed by atoms with van der Waals surface area (Å²) >= 11 is 0. The lowest BCUT2D eigenvalue weighted by Crippen LogP contribution is -2.46. The molecule has 4 aromatic rings. The van der Waals surface area contributed by atoms with Gasteiger partial charge >= 0.3 is 0 Å². The molecule has 2 unspecified atom stereocenters. The topological polar surface area (TPSA) is 89.3 Å².